The second-order valence-corrected chi connectivity index (χ2v) is 4.56. The fourth-order valence-corrected chi connectivity index (χ4v) is 2.22. The summed E-state index contributed by atoms with van der Waals surface area (Å²) < 4.78 is 1.62. The first-order valence-electron chi connectivity index (χ1n) is 5.84. The zero-order chi connectivity index (χ0) is 12.4. The normalized spacial score (nSPS) is 18.5. The van der Waals surface area contributed by atoms with Crippen molar-refractivity contribution in [3.05, 3.63) is 32.6 Å². The van der Waals surface area contributed by atoms with Crippen molar-refractivity contribution >= 4 is 0 Å². The van der Waals surface area contributed by atoms with Gasteiger partial charge in [0.25, 0.3) is 5.56 Å². The highest BCUT2D eigenvalue weighted by Crippen LogP contribution is 2.19. The van der Waals surface area contributed by atoms with Gasteiger partial charge in [0.2, 0.25) is 0 Å². The highest BCUT2D eigenvalue weighted by Gasteiger charge is 2.19. The third-order valence-electron chi connectivity index (χ3n) is 3.34. The molecule has 2 heterocycles. The molecule has 0 spiro atoms. The lowest BCUT2D eigenvalue weighted by Crippen LogP contribution is -2.39. The van der Waals surface area contributed by atoms with E-state index in [9.17, 15) is 9.59 Å². The van der Waals surface area contributed by atoms with E-state index in [-0.39, 0.29) is 23.8 Å². The van der Waals surface area contributed by atoms with Crippen molar-refractivity contribution in [3.63, 3.8) is 0 Å². The molecule has 1 aromatic heterocycles. The Morgan fingerprint density at radius 2 is 2.06 bits per heavy atom. The Morgan fingerprint density at radius 3 is 2.65 bits per heavy atom. The van der Waals surface area contributed by atoms with E-state index in [2.05, 4.69) is 16.9 Å². The van der Waals surface area contributed by atoms with Crippen LogP contribution >= 0.6 is 0 Å². The minimum Gasteiger partial charge on any atom is -0.326 e. The Hall–Kier alpha value is -1.40. The molecule has 0 saturated carbocycles. The van der Waals surface area contributed by atoms with Gasteiger partial charge in [0.1, 0.15) is 0 Å². The van der Waals surface area contributed by atoms with Crippen LogP contribution in [0.1, 0.15) is 24.4 Å². The summed E-state index contributed by atoms with van der Waals surface area (Å²) in [6, 6.07) is 0.167. The van der Waals surface area contributed by atoms with Crippen LogP contribution < -0.4 is 17.0 Å². The van der Waals surface area contributed by atoms with Crippen molar-refractivity contribution in [1.29, 1.82) is 0 Å². The lowest BCUT2D eigenvalue weighted by molar-refractivity contribution is 0.217. The van der Waals surface area contributed by atoms with Gasteiger partial charge in [-0.15, -0.1) is 0 Å². The van der Waals surface area contributed by atoms with Crippen molar-refractivity contribution in [3.8, 4) is 0 Å². The molecule has 0 aliphatic carbocycles. The van der Waals surface area contributed by atoms with E-state index in [1.165, 1.54) is 0 Å². The summed E-state index contributed by atoms with van der Waals surface area (Å²) in [6.45, 7) is 2.09. The highest BCUT2D eigenvalue weighted by molar-refractivity contribution is 5.04. The predicted molar refractivity (Wildman–Crippen MR) is 65.0 cm³/mol. The van der Waals surface area contributed by atoms with Crippen LogP contribution in [0.3, 0.4) is 0 Å². The molecule has 3 N–H and O–H groups in total. The number of hydrogen-bond donors (Lipinski definition) is 2. The molecule has 1 aliphatic rings. The first-order valence-corrected chi connectivity index (χ1v) is 5.84. The summed E-state index contributed by atoms with van der Waals surface area (Å²) in [5, 5.41) is 0. The summed E-state index contributed by atoms with van der Waals surface area (Å²) >= 11 is 0. The fraction of sp³-hybridized carbons (Fsp3) is 0.636. The van der Waals surface area contributed by atoms with Crippen LogP contribution in [0.2, 0.25) is 0 Å². The molecule has 1 fully saturated rings. The standard InChI is InChI=1S/C11H18N4O2/c1-14-4-2-9(3-5-14)15-7-8(6-12)10(16)13-11(15)17/h7,9H,2-6,12H2,1H3,(H,13,16,17). The van der Waals surface area contributed by atoms with E-state index < -0.39 is 0 Å². The molecule has 2 rings (SSSR count). The van der Waals surface area contributed by atoms with Crippen LogP contribution in [0.25, 0.3) is 0 Å². The van der Waals surface area contributed by atoms with Gasteiger partial charge in [-0.3, -0.25) is 14.3 Å². The molecule has 17 heavy (non-hydrogen) atoms. The molecule has 0 amide bonds. The molecule has 6 heteroatoms. The Labute approximate surface area is 99.1 Å². The number of H-pyrrole nitrogens is 1. The zero-order valence-corrected chi connectivity index (χ0v) is 9.98. The summed E-state index contributed by atoms with van der Waals surface area (Å²) in [6.07, 6.45) is 3.45. The van der Waals surface area contributed by atoms with Crippen LogP contribution in [0.15, 0.2) is 15.8 Å². The van der Waals surface area contributed by atoms with Gasteiger partial charge >= 0.3 is 5.69 Å². The number of aromatic nitrogens is 2. The van der Waals surface area contributed by atoms with Gasteiger partial charge in [0.05, 0.1) is 0 Å². The van der Waals surface area contributed by atoms with Crippen molar-refractivity contribution in [1.82, 2.24) is 14.5 Å². The molecule has 0 unspecified atom stereocenters. The van der Waals surface area contributed by atoms with Crippen molar-refractivity contribution in [2.24, 2.45) is 5.73 Å². The second kappa shape index (κ2) is 4.85. The van der Waals surface area contributed by atoms with E-state index in [4.69, 9.17) is 5.73 Å². The number of nitrogens with one attached hydrogen (secondary N) is 1. The Bertz CT molecular complexity index is 497. The molecule has 0 radical (unpaired) electrons. The maximum absolute atomic E-state index is 11.7. The Kier molecular flexibility index (Phi) is 3.44. The van der Waals surface area contributed by atoms with Crippen LogP contribution in [0, 0.1) is 0 Å². The average Bonchev–Trinajstić information content (AvgIpc) is 2.31. The zero-order valence-electron chi connectivity index (χ0n) is 9.98. The molecule has 0 bridgehead atoms. The summed E-state index contributed by atoms with van der Waals surface area (Å²) in [4.78, 5) is 27.7. The number of nitrogens with zero attached hydrogens (tertiary/aromatic N) is 2. The molecule has 6 nitrogen and oxygen atoms in total. The van der Waals surface area contributed by atoms with Gasteiger partial charge in [-0.05, 0) is 33.0 Å². The van der Waals surface area contributed by atoms with E-state index >= 15 is 0 Å². The van der Waals surface area contributed by atoms with Gasteiger partial charge in [-0.25, -0.2) is 4.79 Å². The van der Waals surface area contributed by atoms with Crippen molar-refractivity contribution < 1.29 is 0 Å². The smallest absolute Gasteiger partial charge is 0.326 e. The van der Waals surface area contributed by atoms with E-state index in [1.54, 1.807) is 10.8 Å². The lowest BCUT2D eigenvalue weighted by Gasteiger charge is -2.30. The lowest BCUT2D eigenvalue weighted by atomic mass is 10.1. The molecule has 1 saturated heterocycles. The quantitative estimate of drug-likeness (QED) is 0.711. The van der Waals surface area contributed by atoms with Gasteiger partial charge in [-0.1, -0.05) is 0 Å². The number of nitrogens with two attached hydrogens (primary N) is 1. The summed E-state index contributed by atoms with van der Waals surface area (Å²) in [5.41, 5.74) is 5.23. The number of aromatic amines is 1. The predicted octanol–water partition coefficient (Wildman–Crippen LogP) is -0.738. The Morgan fingerprint density at radius 1 is 1.41 bits per heavy atom. The average molecular weight is 238 g/mol. The van der Waals surface area contributed by atoms with E-state index in [0.29, 0.717) is 5.56 Å². The van der Waals surface area contributed by atoms with Gasteiger partial charge < -0.3 is 10.6 Å². The molecule has 0 atom stereocenters. The maximum Gasteiger partial charge on any atom is 0.328 e. The number of piperidine rings is 1. The minimum atomic E-state index is -0.373. The number of likely N-dealkylation sites (tertiary alicyclic amines) is 1. The summed E-state index contributed by atoms with van der Waals surface area (Å²) in [7, 11) is 2.07. The van der Waals surface area contributed by atoms with E-state index in [1.807, 2.05) is 0 Å². The maximum atomic E-state index is 11.7. The first kappa shape index (κ1) is 12.1. The Balaban J connectivity index is 2.32. The van der Waals surface area contributed by atoms with E-state index in [0.717, 1.165) is 25.9 Å². The molecule has 0 aromatic carbocycles. The molecular formula is C11H18N4O2. The molecular weight excluding hydrogens is 220 g/mol. The SMILES string of the molecule is CN1CCC(n2cc(CN)c(=O)[nH]c2=O)CC1. The molecule has 1 aromatic rings. The van der Waals surface area contributed by atoms with Gasteiger partial charge in [-0.2, -0.15) is 0 Å². The highest BCUT2D eigenvalue weighted by atomic mass is 16.2. The fourth-order valence-electron chi connectivity index (χ4n) is 2.22. The number of hydrogen-bond acceptors (Lipinski definition) is 4. The minimum absolute atomic E-state index is 0.155. The van der Waals surface area contributed by atoms with Crippen molar-refractivity contribution in [2.45, 2.75) is 25.4 Å². The monoisotopic (exact) mass is 238 g/mol. The van der Waals surface area contributed by atoms with Crippen molar-refractivity contribution in [2.75, 3.05) is 20.1 Å². The first-order chi connectivity index (χ1) is 8.11. The second-order valence-electron chi connectivity index (χ2n) is 4.56. The molecule has 94 valence electrons. The van der Waals surface area contributed by atoms with Crippen LogP contribution in [-0.2, 0) is 6.54 Å². The topological polar surface area (TPSA) is 84.1 Å². The third kappa shape index (κ3) is 2.48. The van der Waals surface area contributed by atoms with Crippen LogP contribution in [-0.4, -0.2) is 34.6 Å². The third-order valence-corrected chi connectivity index (χ3v) is 3.34. The van der Waals surface area contributed by atoms with Gasteiger partial charge in [0, 0.05) is 24.3 Å². The van der Waals surface area contributed by atoms with Gasteiger partial charge in [0.15, 0.2) is 0 Å². The molecule has 1 aliphatic heterocycles. The summed E-state index contributed by atoms with van der Waals surface area (Å²) in [5.74, 6) is 0. The van der Waals surface area contributed by atoms with Crippen LogP contribution in [0.5, 0.6) is 0 Å². The number of rotatable bonds is 2. The largest absolute Gasteiger partial charge is 0.328 e. The van der Waals surface area contributed by atoms with Crippen LogP contribution in [0.4, 0.5) is 0 Å².